The maximum Gasteiger partial charge on any atom is 0.251 e. The maximum absolute atomic E-state index is 12.0. The lowest BCUT2D eigenvalue weighted by Gasteiger charge is -2.22. The topological polar surface area (TPSA) is 32.3 Å². The number of hydrogen-bond acceptors (Lipinski definition) is 2. The molecule has 1 N–H and O–H groups in total. The lowest BCUT2D eigenvalue weighted by atomic mass is 10.2. The molecule has 0 radical (unpaired) electrons. The van der Waals surface area contributed by atoms with E-state index >= 15 is 0 Å². The van der Waals surface area contributed by atoms with Crippen LogP contribution < -0.4 is 5.32 Å². The second kappa shape index (κ2) is 6.34. The highest BCUT2D eigenvalue weighted by molar-refractivity contribution is 9.10. The van der Waals surface area contributed by atoms with Crippen LogP contribution in [0.3, 0.4) is 0 Å². The van der Waals surface area contributed by atoms with E-state index in [2.05, 4.69) is 33.1 Å². The lowest BCUT2D eigenvalue weighted by Crippen LogP contribution is -2.40. The Hall–Kier alpha value is -0.870. The maximum atomic E-state index is 12.0. The number of likely N-dealkylation sites (N-methyl/N-ethyl adjacent to an activating group) is 1. The van der Waals surface area contributed by atoms with Gasteiger partial charge in [-0.2, -0.15) is 0 Å². The minimum atomic E-state index is 0.0189. The standard InChI is InChI=1S/C14H19BrN2O/c1-2-17-9-3-4-13(17)10-16-14(18)11-5-7-12(15)8-6-11/h5-8,13H,2-4,9-10H2,1H3,(H,16,18). The van der Waals surface area contributed by atoms with Gasteiger partial charge in [0, 0.05) is 22.6 Å². The van der Waals surface area contributed by atoms with Crippen LogP contribution in [0.4, 0.5) is 0 Å². The molecule has 1 aliphatic heterocycles. The van der Waals surface area contributed by atoms with E-state index in [9.17, 15) is 4.79 Å². The molecule has 4 heteroatoms. The summed E-state index contributed by atoms with van der Waals surface area (Å²) < 4.78 is 0.993. The fourth-order valence-electron chi connectivity index (χ4n) is 2.46. The van der Waals surface area contributed by atoms with Crippen molar-refractivity contribution >= 4 is 21.8 Å². The second-order valence-electron chi connectivity index (χ2n) is 4.64. The summed E-state index contributed by atoms with van der Waals surface area (Å²) in [6, 6.07) is 7.97. The van der Waals surface area contributed by atoms with E-state index in [-0.39, 0.29) is 5.91 Å². The molecule has 0 spiro atoms. The Morgan fingerprint density at radius 1 is 1.44 bits per heavy atom. The number of rotatable bonds is 4. The molecule has 1 amide bonds. The summed E-state index contributed by atoms with van der Waals surface area (Å²) >= 11 is 3.37. The molecule has 1 aliphatic rings. The van der Waals surface area contributed by atoms with E-state index in [4.69, 9.17) is 0 Å². The fourth-order valence-corrected chi connectivity index (χ4v) is 2.72. The zero-order valence-corrected chi connectivity index (χ0v) is 12.2. The Kier molecular flexibility index (Phi) is 4.78. The van der Waals surface area contributed by atoms with E-state index in [0.717, 1.165) is 29.7 Å². The summed E-state index contributed by atoms with van der Waals surface area (Å²) in [4.78, 5) is 14.4. The Labute approximate surface area is 117 Å². The van der Waals surface area contributed by atoms with Crippen LogP contribution in [0.5, 0.6) is 0 Å². The molecule has 1 heterocycles. The molecule has 1 aromatic carbocycles. The molecule has 1 atom stereocenters. The number of nitrogens with one attached hydrogen (secondary N) is 1. The number of benzene rings is 1. The first-order valence-electron chi connectivity index (χ1n) is 6.48. The molecule has 1 saturated heterocycles. The SMILES string of the molecule is CCN1CCCC1CNC(=O)c1ccc(Br)cc1. The van der Waals surface area contributed by atoms with Gasteiger partial charge in [-0.3, -0.25) is 9.69 Å². The third-order valence-corrected chi connectivity index (χ3v) is 4.04. The smallest absolute Gasteiger partial charge is 0.251 e. The predicted octanol–water partition coefficient (Wildman–Crippen LogP) is 2.66. The molecule has 0 aromatic heterocycles. The van der Waals surface area contributed by atoms with Gasteiger partial charge in [-0.05, 0) is 50.2 Å². The largest absolute Gasteiger partial charge is 0.350 e. The molecular weight excluding hydrogens is 292 g/mol. The zero-order chi connectivity index (χ0) is 13.0. The zero-order valence-electron chi connectivity index (χ0n) is 10.7. The van der Waals surface area contributed by atoms with Gasteiger partial charge in [0.15, 0.2) is 0 Å². The first kappa shape index (κ1) is 13.6. The number of carbonyl (C=O) groups is 1. The first-order valence-corrected chi connectivity index (χ1v) is 7.28. The third-order valence-electron chi connectivity index (χ3n) is 3.51. The monoisotopic (exact) mass is 310 g/mol. The molecule has 0 bridgehead atoms. The van der Waals surface area contributed by atoms with Gasteiger partial charge in [-0.25, -0.2) is 0 Å². The van der Waals surface area contributed by atoms with Gasteiger partial charge in [0.1, 0.15) is 0 Å². The summed E-state index contributed by atoms with van der Waals surface area (Å²) in [5, 5.41) is 3.03. The van der Waals surface area contributed by atoms with Crippen LogP contribution >= 0.6 is 15.9 Å². The lowest BCUT2D eigenvalue weighted by molar-refractivity contribution is 0.0941. The van der Waals surface area contributed by atoms with Crippen molar-refractivity contribution in [3.05, 3.63) is 34.3 Å². The molecule has 0 saturated carbocycles. The number of halogens is 1. The second-order valence-corrected chi connectivity index (χ2v) is 5.56. The number of hydrogen-bond donors (Lipinski definition) is 1. The van der Waals surface area contributed by atoms with E-state index in [0.29, 0.717) is 6.04 Å². The Bertz CT molecular complexity index is 405. The van der Waals surface area contributed by atoms with E-state index in [1.54, 1.807) is 0 Å². The minimum Gasteiger partial charge on any atom is -0.350 e. The Balaban J connectivity index is 1.86. The van der Waals surface area contributed by atoms with Crippen LogP contribution in [0.25, 0.3) is 0 Å². The van der Waals surface area contributed by atoms with Gasteiger partial charge in [-0.15, -0.1) is 0 Å². The summed E-state index contributed by atoms with van der Waals surface area (Å²) in [6.07, 6.45) is 2.43. The van der Waals surface area contributed by atoms with Gasteiger partial charge >= 0.3 is 0 Å². The molecule has 1 fully saturated rings. The highest BCUT2D eigenvalue weighted by Gasteiger charge is 2.23. The normalized spacial score (nSPS) is 20.0. The number of carbonyl (C=O) groups excluding carboxylic acids is 1. The van der Waals surface area contributed by atoms with Gasteiger partial charge in [0.25, 0.3) is 5.91 Å². The molecule has 1 unspecified atom stereocenters. The van der Waals surface area contributed by atoms with Crippen molar-refractivity contribution in [1.29, 1.82) is 0 Å². The van der Waals surface area contributed by atoms with Crippen molar-refractivity contribution in [2.24, 2.45) is 0 Å². The van der Waals surface area contributed by atoms with Gasteiger partial charge in [0.2, 0.25) is 0 Å². The highest BCUT2D eigenvalue weighted by Crippen LogP contribution is 2.16. The van der Waals surface area contributed by atoms with Crippen molar-refractivity contribution in [1.82, 2.24) is 10.2 Å². The Morgan fingerprint density at radius 2 is 2.17 bits per heavy atom. The number of amides is 1. The van der Waals surface area contributed by atoms with Crippen molar-refractivity contribution in [3.63, 3.8) is 0 Å². The van der Waals surface area contributed by atoms with Crippen molar-refractivity contribution in [3.8, 4) is 0 Å². The summed E-state index contributed by atoms with van der Waals surface area (Å²) in [5.41, 5.74) is 0.722. The van der Waals surface area contributed by atoms with Crippen LogP contribution in [0.1, 0.15) is 30.1 Å². The van der Waals surface area contributed by atoms with Crippen LogP contribution in [0.15, 0.2) is 28.7 Å². The van der Waals surface area contributed by atoms with Crippen molar-refractivity contribution in [2.75, 3.05) is 19.6 Å². The highest BCUT2D eigenvalue weighted by atomic mass is 79.9. The minimum absolute atomic E-state index is 0.0189. The summed E-state index contributed by atoms with van der Waals surface area (Å²) in [7, 11) is 0. The van der Waals surface area contributed by atoms with Gasteiger partial charge in [0.05, 0.1) is 0 Å². The van der Waals surface area contributed by atoms with Crippen LogP contribution in [0, 0.1) is 0 Å². The van der Waals surface area contributed by atoms with Gasteiger partial charge in [-0.1, -0.05) is 22.9 Å². The van der Waals surface area contributed by atoms with E-state index < -0.39 is 0 Å². The van der Waals surface area contributed by atoms with Crippen LogP contribution in [-0.4, -0.2) is 36.5 Å². The molecule has 3 nitrogen and oxygen atoms in total. The average molecular weight is 311 g/mol. The fraction of sp³-hybridized carbons (Fsp3) is 0.500. The molecule has 98 valence electrons. The molecule has 1 aromatic rings. The quantitative estimate of drug-likeness (QED) is 0.927. The summed E-state index contributed by atoms with van der Waals surface area (Å²) in [5.74, 6) is 0.0189. The molecule has 2 rings (SSSR count). The van der Waals surface area contributed by atoms with E-state index in [1.165, 1.54) is 12.8 Å². The van der Waals surface area contributed by atoms with Crippen LogP contribution in [0.2, 0.25) is 0 Å². The third kappa shape index (κ3) is 3.33. The molecule has 18 heavy (non-hydrogen) atoms. The van der Waals surface area contributed by atoms with Crippen LogP contribution in [-0.2, 0) is 0 Å². The van der Waals surface area contributed by atoms with E-state index in [1.807, 2.05) is 24.3 Å². The van der Waals surface area contributed by atoms with Crippen molar-refractivity contribution in [2.45, 2.75) is 25.8 Å². The molecule has 0 aliphatic carbocycles. The summed E-state index contributed by atoms with van der Waals surface area (Å²) in [6.45, 7) is 5.16. The van der Waals surface area contributed by atoms with Crippen molar-refractivity contribution < 1.29 is 4.79 Å². The number of likely N-dealkylation sites (tertiary alicyclic amines) is 1. The first-order chi connectivity index (χ1) is 8.70. The molecular formula is C14H19BrN2O. The predicted molar refractivity (Wildman–Crippen MR) is 76.7 cm³/mol. The Morgan fingerprint density at radius 3 is 2.83 bits per heavy atom. The average Bonchev–Trinajstić information content (AvgIpc) is 2.84. The number of nitrogens with zero attached hydrogens (tertiary/aromatic N) is 1. The van der Waals surface area contributed by atoms with Gasteiger partial charge < -0.3 is 5.32 Å².